The number of ether oxygens (including phenoxy) is 1. The Morgan fingerprint density at radius 3 is 2.53 bits per heavy atom. The van der Waals surface area contributed by atoms with E-state index in [1.54, 1.807) is 0 Å². The summed E-state index contributed by atoms with van der Waals surface area (Å²) in [6.45, 7) is 5.48. The number of rotatable bonds is 3. The van der Waals surface area contributed by atoms with Crippen LogP contribution in [-0.2, 0) is 4.74 Å². The molecule has 0 atom stereocenters. The first-order valence-corrected chi connectivity index (χ1v) is 6.87. The van der Waals surface area contributed by atoms with E-state index in [0.29, 0.717) is 11.0 Å². The van der Waals surface area contributed by atoms with Crippen molar-refractivity contribution in [3.05, 3.63) is 16.8 Å². The molecular weight excluding hydrogens is 260 g/mol. The summed E-state index contributed by atoms with van der Waals surface area (Å²) in [7, 11) is 2.02. The zero-order chi connectivity index (χ0) is 14.0. The van der Waals surface area contributed by atoms with Gasteiger partial charge in [0.05, 0.1) is 11.3 Å². The Hall–Kier alpha value is -1.27. The minimum atomic E-state index is 0.379. The van der Waals surface area contributed by atoms with Crippen molar-refractivity contribution in [3.8, 4) is 0 Å². The van der Waals surface area contributed by atoms with Crippen LogP contribution < -0.4 is 10.6 Å². The van der Waals surface area contributed by atoms with Crippen LogP contribution in [0.2, 0.25) is 0 Å². The highest BCUT2D eigenvalue weighted by Crippen LogP contribution is 2.25. The summed E-state index contributed by atoms with van der Waals surface area (Å²) in [5.41, 5.74) is 8.59. The van der Waals surface area contributed by atoms with E-state index in [1.807, 2.05) is 20.9 Å². The lowest BCUT2D eigenvalue weighted by Crippen LogP contribution is -2.38. The Bertz CT molecular complexity index is 486. The summed E-state index contributed by atoms with van der Waals surface area (Å²) in [6.07, 6.45) is 1.98. The first-order chi connectivity index (χ1) is 9.02. The molecule has 0 radical (unpaired) electrons. The van der Waals surface area contributed by atoms with E-state index < -0.39 is 0 Å². The molecule has 19 heavy (non-hydrogen) atoms. The van der Waals surface area contributed by atoms with Crippen LogP contribution in [0.4, 0.5) is 5.82 Å². The molecule has 0 bridgehead atoms. The number of anilines is 1. The van der Waals surface area contributed by atoms with Gasteiger partial charge in [-0.05, 0) is 32.3 Å². The molecule has 1 fully saturated rings. The molecule has 1 aromatic heterocycles. The summed E-state index contributed by atoms with van der Waals surface area (Å²) in [5, 5.41) is 8.50. The number of aryl methyl sites for hydroxylation is 1. The lowest BCUT2D eigenvalue weighted by Gasteiger charge is -2.33. The van der Waals surface area contributed by atoms with Gasteiger partial charge < -0.3 is 15.4 Å². The third-order valence-electron chi connectivity index (χ3n) is 3.76. The lowest BCUT2D eigenvalue weighted by atomic mass is 10.0. The lowest BCUT2D eigenvalue weighted by molar-refractivity contribution is 0.0853. The van der Waals surface area contributed by atoms with E-state index in [-0.39, 0.29) is 0 Å². The molecule has 1 aliphatic heterocycles. The SMILES string of the molecule is Cc1nnc(N(C)C2CCOCC2)c(C(N)=S)c1C. The zero-order valence-electron chi connectivity index (χ0n) is 11.6. The zero-order valence-corrected chi connectivity index (χ0v) is 12.5. The van der Waals surface area contributed by atoms with Crippen molar-refractivity contribution >= 4 is 23.0 Å². The van der Waals surface area contributed by atoms with Crippen molar-refractivity contribution in [1.29, 1.82) is 0 Å². The van der Waals surface area contributed by atoms with Crippen LogP contribution in [0, 0.1) is 13.8 Å². The largest absolute Gasteiger partial charge is 0.389 e. The molecule has 1 saturated heterocycles. The summed E-state index contributed by atoms with van der Waals surface area (Å²) < 4.78 is 5.39. The number of hydrogen-bond acceptors (Lipinski definition) is 5. The van der Waals surface area contributed by atoms with Crippen LogP contribution in [-0.4, -0.2) is 41.5 Å². The smallest absolute Gasteiger partial charge is 0.161 e. The van der Waals surface area contributed by atoms with Crippen molar-refractivity contribution in [1.82, 2.24) is 10.2 Å². The molecule has 0 aromatic carbocycles. The van der Waals surface area contributed by atoms with E-state index in [4.69, 9.17) is 22.7 Å². The molecule has 0 spiro atoms. The monoisotopic (exact) mass is 280 g/mol. The number of hydrogen-bond donors (Lipinski definition) is 1. The van der Waals surface area contributed by atoms with Crippen LogP contribution in [0.1, 0.15) is 29.7 Å². The van der Waals surface area contributed by atoms with Gasteiger partial charge in [-0.2, -0.15) is 5.10 Å². The second-order valence-electron chi connectivity index (χ2n) is 4.93. The van der Waals surface area contributed by atoms with Gasteiger partial charge in [0.2, 0.25) is 0 Å². The molecule has 104 valence electrons. The molecule has 1 aromatic rings. The maximum Gasteiger partial charge on any atom is 0.161 e. The maximum absolute atomic E-state index is 5.86. The fourth-order valence-electron chi connectivity index (χ4n) is 2.38. The van der Waals surface area contributed by atoms with Crippen LogP contribution in [0.3, 0.4) is 0 Å². The summed E-state index contributed by atoms with van der Waals surface area (Å²) in [4.78, 5) is 2.51. The van der Waals surface area contributed by atoms with Gasteiger partial charge in [-0.25, -0.2) is 0 Å². The maximum atomic E-state index is 5.86. The van der Waals surface area contributed by atoms with Crippen LogP contribution in [0.15, 0.2) is 0 Å². The van der Waals surface area contributed by atoms with E-state index >= 15 is 0 Å². The second kappa shape index (κ2) is 5.79. The van der Waals surface area contributed by atoms with E-state index in [9.17, 15) is 0 Å². The van der Waals surface area contributed by atoms with E-state index in [1.165, 1.54) is 0 Å². The third kappa shape index (κ3) is 2.84. The number of nitrogens with two attached hydrogens (primary N) is 1. The predicted molar refractivity (Wildman–Crippen MR) is 79.6 cm³/mol. The van der Waals surface area contributed by atoms with Gasteiger partial charge in [0.15, 0.2) is 5.82 Å². The molecule has 2 rings (SSSR count). The normalized spacial score (nSPS) is 16.4. The Labute approximate surface area is 119 Å². The quantitative estimate of drug-likeness (QED) is 0.843. The molecule has 0 unspecified atom stereocenters. The topological polar surface area (TPSA) is 64.3 Å². The number of aromatic nitrogens is 2. The average Bonchev–Trinajstić information content (AvgIpc) is 2.41. The highest BCUT2D eigenvalue weighted by molar-refractivity contribution is 7.80. The molecule has 5 nitrogen and oxygen atoms in total. The Kier molecular flexibility index (Phi) is 4.31. The fraction of sp³-hybridized carbons (Fsp3) is 0.615. The van der Waals surface area contributed by atoms with Crippen molar-refractivity contribution in [2.75, 3.05) is 25.2 Å². The molecule has 1 aliphatic rings. The van der Waals surface area contributed by atoms with Crippen molar-refractivity contribution < 1.29 is 4.74 Å². The van der Waals surface area contributed by atoms with Crippen LogP contribution >= 0.6 is 12.2 Å². The Balaban J connectivity index is 2.38. The van der Waals surface area contributed by atoms with E-state index in [2.05, 4.69) is 15.1 Å². The molecule has 2 heterocycles. The number of thiocarbonyl (C=S) groups is 1. The molecule has 0 amide bonds. The second-order valence-corrected chi connectivity index (χ2v) is 5.37. The molecule has 0 saturated carbocycles. The molecule has 2 N–H and O–H groups in total. The standard InChI is InChI=1S/C13H20N4OS/c1-8-9(2)15-16-13(11(8)12(14)19)17(3)10-4-6-18-7-5-10/h10H,4-7H2,1-3H3,(H2,14,19). The Morgan fingerprint density at radius 1 is 1.32 bits per heavy atom. The first kappa shape index (κ1) is 14.1. The summed E-state index contributed by atoms with van der Waals surface area (Å²) in [6, 6.07) is 0.401. The van der Waals surface area contributed by atoms with Gasteiger partial charge in [-0.15, -0.1) is 5.10 Å². The minimum Gasteiger partial charge on any atom is -0.389 e. The van der Waals surface area contributed by atoms with Gasteiger partial charge in [0.1, 0.15) is 4.99 Å². The van der Waals surface area contributed by atoms with Gasteiger partial charge >= 0.3 is 0 Å². The van der Waals surface area contributed by atoms with Gasteiger partial charge in [-0.1, -0.05) is 12.2 Å². The third-order valence-corrected chi connectivity index (χ3v) is 3.96. The van der Waals surface area contributed by atoms with Crippen molar-refractivity contribution in [2.45, 2.75) is 32.7 Å². The van der Waals surface area contributed by atoms with Gasteiger partial charge in [-0.3, -0.25) is 0 Å². The average molecular weight is 280 g/mol. The molecular formula is C13H20N4OS. The number of nitrogens with zero attached hydrogens (tertiary/aromatic N) is 3. The molecule has 6 heteroatoms. The Morgan fingerprint density at radius 2 is 1.95 bits per heavy atom. The van der Waals surface area contributed by atoms with Crippen LogP contribution in [0.5, 0.6) is 0 Å². The van der Waals surface area contributed by atoms with Crippen molar-refractivity contribution in [3.63, 3.8) is 0 Å². The summed E-state index contributed by atoms with van der Waals surface area (Å²) in [5.74, 6) is 0.780. The highest BCUT2D eigenvalue weighted by atomic mass is 32.1. The minimum absolute atomic E-state index is 0.379. The van der Waals surface area contributed by atoms with Crippen LogP contribution in [0.25, 0.3) is 0 Å². The van der Waals surface area contributed by atoms with Gasteiger partial charge in [0.25, 0.3) is 0 Å². The highest BCUT2D eigenvalue weighted by Gasteiger charge is 2.24. The summed E-state index contributed by atoms with van der Waals surface area (Å²) >= 11 is 5.18. The first-order valence-electron chi connectivity index (χ1n) is 6.46. The fourth-order valence-corrected chi connectivity index (χ4v) is 2.63. The van der Waals surface area contributed by atoms with Gasteiger partial charge in [0, 0.05) is 26.3 Å². The van der Waals surface area contributed by atoms with E-state index in [0.717, 1.165) is 48.7 Å². The molecule has 0 aliphatic carbocycles. The predicted octanol–water partition coefficient (Wildman–Crippen LogP) is 1.34. The van der Waals surface area contributed by atoms with Crippen molar-refractivity contribution in [2.24, 2.45) is 5.73 Å².